The molecule has 6 rings (SSSR count). The standard InChI is InChI=1S/C35H46ClN5O7/c1-33(2,3)28(39-29(43)23-16-34(23)10-12-47-13-11-34)32(46)41-19-35(17-25(40-48-35)21-6-5-7-22(36)15-21)18-26(41)30(44)38-24(14-20-8-9-20)27(42)31(45)37-4/h5-7,15,20,23-24,26,28H,8-14,16-19H2,1-4H3,(H,37,45)(H,38,44)(H,39,43)/t23-,24-,26-,28+,35+/m0/s1. The molecule has 12 nitrogen and oxygen atoms in total. The number of hydrogen-bond acceptors (Lipinski definition) is 8. The lowest BCUT2D eigenvalue weighted by atomic mass is 9.85. The van der Waals surface area contributed by atoms with Crippen molar-refractivity contribution in [2.75, 3.05) is 26.8 Å². The zero-order valence-corrected chi connectivity index (χ0v) is 28.9. The second-order valence-electron chi connectivity index (χ2n) is 15.4. The number of hydrogen-bond donors (Lipinski definition) is 3. The normalized spacial score (nSPS) is 27.1. The monoisotopic (exact) mass is 683 g/mol. The van der Waals surface area contributed by atoms with Gasteiger partial charge in [-0.05, 0) is 54.6 Å². The Balaban J connectivity index is 1.25. The number of Topliss-reactive ketones (excluding diaryl/α,β-unsaturated/α-hetero) is 1. The molecule has 5 aliphatic rings. The number of oxime groups is 1. The zero-order chi connectivity index (χ0) is 34.4. The maximum absolute atomic E-state index is 14.6. The van der Waals surface area contributed by atoms with Gasteiger partial charge in [-0.2, -0.15) is 0 Å². The Kier molecular flexibility index (Phi) is 9.36. The Morgan fingerprint density at radius 3 is 2.44 bits per heavy atom. The van der Waals surface area contributed by atoms with Crippen LogP contribution in [0.25, 0.3) is 0 Å². The van der Waals surface area contributed by atoms with Gasteiger partial charge in [-0.15, -0.1) is 0 Å². The fourth-order valence-corrected chi connectivity index (χ4v) is 7.72. The van der Waals surface area contributed by atoms with Gasteiger partial charge in [0.15, 0.2) is 5.60 Å². The molecule has 0 bridgehead atoms. The van der Waals surface area contributed by atoms with Crippen LogP contribution in [0.4, 0.5) is 0 Å². The summed E-state index contributed by atoms with van der Waals surface area (Å²) in [7, 11) is 1.37. The van der Waals surface area contributed by atoms with Crippen molar-refractivity contribution in [1.82, 2.24) is 20.9 Å². The van der Waals surface area contributed by atoms with Crippen LogP contribution in [0.2, 0.25) is 5.02 Å². The van der Waals surface area contributed by atoms with E-state index in [-0.39, 0.29) is 36.1 Å². The van der Waals surface area contributed by atoms with Crippen molar-refractivity contribution in [2.45, 2.75) is 95.9 Å². The van der Waals surface area contributed by atoms with Crippen molar-refractivity contribution in [3.8, 4) is 0 Å². The van der Waals surface area contributed by atoms with Gasteiger partial charge in [0.2, 0.25) is 23.5 Å². The lowest BCUT2D eigenvalue weighted by Gasteiger charge is -2.36. The van der Waals surface area contributed by atoms with E-state index in [0.29, 0.717) is 36.8 Å². The average molecular weight is 684 g/mol. The predicted molar refractivity (Wildman–Crippen MR) is 177 cm³/mol. The number of amides is 4. The van der Waals surface area contributed by atoms with E-state index in [2.05, 4.69) is 21.1 Å². The Labute approximate surface area is 286 Å². The first kappa shape index (κ1) is 34.4. The number of benzene rings is 1. The number of likely N-dealkylation sites (tertiary alicyclic amines) is 1. The van der Waals surface area contributed by atoms with Crippen molar-refractivity contribution in [3.63, 3.8) is 0 Å². The summed E-state index contributed by atoms with van der Waals surface area (Å²) in [5, 5.41) is 13.2. The van der Waals surface area contributed by atoms with Crippen molar-refractivity contribution in [2.24, 2.45) is 27.8 Å². The summed E-state index contributed by atoms with van der Waals surface area (Å²) >= 11 is 6.25. The van der Waals surface area contributed by atoms with Gasteiger partial charge in [-0.3, -0.25) is 24.0 Å². The van der Waals surface area contributed by atoms with E-state index >= 15 is 0 Å². The predicted octanol–water partition coefficient (Wildman–Crippen LogP) is 2.75. The molecule has 1 aromatic carbocycles. The third-order valence-corrected chi connectivity index (χ3v) is 11.0. The van der Waals surface area contributed by atoms with E-state index in [1.165, 1.54) is 11.9 Å². The highest BCUT2D eigenvalue weighted by molar-refractivity contribution is 6.38. The van der Waals surface area contributed by atoms with Gasteiger partial charge in [0.05, 0.1) is 18.3 Å². The van der Waals surface area contributed by atoms with Gasteiger partial charge < -0.3 is 30.4 Å². The molecule has 5 atom stereocenters. The highest BCUT2D eigenvalue weighted by Crippen LogP contribution is 2.59. The quantitative estimate of drug-likeness (QED) is 0.321. The van der Waals surface area contributed by atoms with Crippen LogP contribution in [0.3, 0.4) is 0 Å². The highest BCUT2D eigenvalue weighted by atomic mass is 35.5. The molecule has 2 spiro atoms. The maximum atomic E-state index is 14.6. The van der Waals surface area contributed by atoms with Crippen molar-refractivity contribution in [1.29, 1.82) is 0 Å². The first-order valence-corrected chi connectivity index (χ1v) is 17.4. The minimum atomic E-state index is -1.03. The van der Waals surface area contributed by atoms with E-state index < -0.39 is 52.6 Å². The molecule has 3 heterocycles. The zero-order valence-electron chi connectivity index (χ0n) is 28.1. The third kappa shape index (κ3) is 7.10. The molecule has 1 aromatic rings. The number of nitrogens with one attached hydrogen (secondary N) is 3. The van der Waals surface area contributed by atoms with E-state index in [4.69, 9.17) is 21.2 Å². The van der Waals surface area contributed by atoms with E-state index in [1.807, 2.05) is 32.9 Å². The summed E-state index contributed by atoms with van der Waals surface area (Å²) in [5.74, 6) is -2.58. The fourth-order valence-electron chi connectivity index (χ4n) is 7.53. The van der Waals surface area contributed by atoms with Gasteiger partial charge in [0.25, 0.3) is 5.91 Å². The van der Waals surface area contributed by atoms with Crippen LogP contribution in [-0.4, -0.2) is 90.6 Å². The van der Waals surface area contributed by atoms with E-state index in [0.717, 1.165) is 37.7 Å². The fraction of sp³-hybridized carbons (Fsp3) is 0.657. The van der Waals surface area contributed by atoms with Crippen molar-refractivity contribution >= 4 is 46.7 Å². The van der Waals surface area contributed by atoms with Gasteiger partial charge >= 0.3 is 0 Å². The molecule has 260 valence electrons. The number of rotatable bonds is 10. The average Bonchev–Trinajstić information content (AvgIpc) is 3.92. The SMILES string of the molecule is CNC(=O)C(=O)[C@H](CC1CC1)NC(=O)[C@@H]1C[C@]2(CC(c3cccc(Cl)c3)=NO2)CN1C(=O)[C@@H](NC(=O)[C@@H]1CC12CCOCC2)C(C)(C)C. The Morgan fingerprint density at radius 1 is 1.06 bits per heavy atom. The molecule has 4 fully saturated rings. The van der Waals surface area contributed by atoms with Gasteiger partial charge in [0, 0.05) is 49.6 Å². The van der Waals surface area contributed by atoms with Crippen LogP contribution in [0.5, 0.6) is 0 Å². The molecule has 3 aliphatic heterocycles. The molecular weight excluding hydrogens is 638 g/mol. The molecule has 0 radical (unpaired) electrons. The van der Waals surface area contributed by atoms with Crippen molar-refractivity contribution < 1.29 is 33.5 Å². The second kappa shape index (κ2) is 13.1. The lowest BCUT2D eigenvalue weighted by Crippen LogP contribution is -2.59. The Morgan fingerprint density at radius 2 is 1.79 bits per heavy atom. The minimum Gasteiger partial charge on any atom is -0.387 e. The molecule has 0 unspecified atom stereocenters. The van der Waals surface area contributed by atoms with Gasteiger partial charge in [-0.25, -0.2) is 0 Å². The van der Waals surface area contributed by atoms with E-state index in [1.54, 1.807) is 12.1 Å². The molecule has 4 amide bonds. The molecule has 2 saturated carbocycles. The van der Waals surface area contributed by atoms with E-state index in [9.17, 15) is 24.0 Å². The molecule has 2 saturated heterocycles. The number of nitrogens with zero attached hydrogens (tertiary/aromatic N) is 2. The van der Waals surface area contributed by atoms with Gasteiger partial charge in [-0.1, -0.05) is 62.5 Å². The van der Waals surface area contributed by atoms with Crippen molar-refractivity contribution in [3.05, 3.63) is 34.9 Å². The number of carbonyl (C=O) groups excluding carboxylic acids is 5. The number of ether oxygens (including phenoxy) is 1. The van der Waals surface area contributed by atoms with Crippen LogP contribution < -0.4 is 16.0 Å². The molecule has 13 heteroatoms. The van der Waals surface area contributed by atoms with Crippen LogP contribution in [-0.2, 0) is 33.5 Å². The minimum absolute atomic E-state index is 0.0430. The highest BCUT2D eigenvalue weighted by Gasteiger charge is 2.60. The summed E-state index contributed by atoms with van der Waals surface area (Å²) < 4.78 is 5.52. The van der Waals surface area contributed by atoms with Crippen LogP contribution >= 0.6 is 11.6 Å². The molecule has 0 aromatic heterocycles. The van der Waals surface area contributed by atoms with Crippen LogP contribution in [0, 0.1) is 22.7 Å². The first-order chi connectivity index (χ1) is 22.7. The summed E-state index contributed by atoms with van der Waals surface area (Å²) in [5.41, 5.74) is -0.362. The number of likely N-dealkylation sites (N-methyl/N-ethyl adjacent to an activating group) is 1. The van der Waals surface area contributed by atoms with Crippen LogP contribution in [0.15, 0.2) is 29.4 Å². The summed E-state index contributed by atoms with van der Waals surface area (Å²) in [6.45, 7) is 6.94. The lowest BCUT2D eigenvalue weighted by molar-refractivity contribution is -0.145. The summed E-state index contributed by atoms with van der Waals surface area (Å²) in [6.07, 6.45) is 5.02. The second-order valence-corrected chi connectivity index (χ2v) is 15.8. The Bertz CT molecular complexity index is 1510. The Hall–Kier alpha value is -3.51. The topological polar surface area (TPSA) is 156 Å². The summed E-state index contributed by atoms with van der Waals surface area (Å²) in [6, 6.07) is 4.24. The molecule has 2 aliphatic carbocycles. The largest absolute Gasteiger partial charge is 0.387 e. The third-order valence-electron chi connectivity index (χ3n) is 10.7. The summed E-state index contributed by atoms with van der Waals surface area (Å²) in [4.78, 5) is 75.3. The molecule has 48 heavy (non-hydrogen) atoms. The molecule has 3 N–H and O–H groups in total. The first-order valence-electron chi connectivity index (χ1n) is 17.0. The number of ketones is 1. The maximum Gasteiger partial charge on any atom is 0.289 e. The smallest absolute Gasteiger partial charge is 0.289 e. The van der Waals surface area contributed by atoms with Gasteiger partial charge in [0.1, 0.15) is 12.1 Å². The number of halogens is 1. The van der Waals surface area contributed by atoms with Crippen LogP contribution in [0.1, 0.15) is 77.7 Å². The molecular formula is C35H46ClN5O7. The number of carbonyl (C=O) groups is 5.